The van der Waals surface area contributed by atoms with E-state index in [0.29, 0.717) is 23.7 Å². The monoisotopic (exact) mass is 372 g/mol. The Bertz CT molecular complexity index is 339. The Labute approximate surface area is 156 Å². The van der Waals surface area contributed by atoms with E-state index in [9.17, 15) is 0 Å². The largest absolute Gasteiger partial charge is 0.504 e. The van der Waals surface area contributed by atoms with Crippen molar-refractivity contribution in [1.82, 2.24) is 0 Å². The predicted octanol–water partition coefficient (Wildman–Crippen LogP) is 5.33. The second-order valence-corrected chi connectivity index (χ2v) is 10.8. The van der Waals surface area contributed by atoms with Gasteiger partial charge in [0.1, 0.15) is 0 Å². The Balaban J connectivity index is 2.05. The van der Waals surface area contributed by atoms with E-state index in [1.807, 2.05) is 0 Å². The first-order chi connectivity index (χ1) is 12.2. The van der Waals surface area contributed by atoms with Crippen LogP contribution in [0.4, 0.5) is 0 Å². The minimum atomic E-state index is -2.66. The third kappa shape index (κ3) is 6.31. The van der Waals surface area contributed by atoms with Crippen molar-refractivity contribution < 1.29 is 18.0 Å². The minimum Gasteiger partial charge on any atom is -0.373 e. The summed E-state index contributed by atoms with van der Waals surface area (Å²) < 4.78 is 25.2. The van der Waals surface area contributed by atoms with E-state index >= 15 is 0 Å². The summed E-state index contributed by atoms with van der Waals surface area (Å²) in [5.74, 6) is 0.611. The molecule has 2 aliphatic rings. The van der Waals surface area contributed by atoms with Gasteiger partial charge in [-0.15, -0.1) is 0 Å². The number of unbranched alkanes of at least 4 members (excludes halogenated alkanes) is 3. The van der Waals surface area contributed by atoms with Gasteiger partial charge < -0.3 is 18.0 Å². The van der Waals surface area contributed by atoms with Crippen LogP contribution in [0.25, 0.3) is 0 Å². The third-order valence-electron chi connectivity index (χ3n) is 5.71. The number of ether oxygens (including phenoxy) is 1. The van der Waals surface area contributed by atoms with Gasteiger partial charge in [0.25, 0.3) is 0 Å². The Kier molecular flexibility index (Phi) is 9.42. The van der Waals surface area contributed by atoms with Crippen LogP contribution in [0.3, 0.4) is 0 Å². The molecular formula is C20H40O4Si. The first-order valence-corrected chi connectivity index (χ1v) is 12.5. The van der Waals surface area contributed by atoms with E-state index in [2.05, 4.69) is 27.7 Å². The van der Waals surface area contributed by atoms with Crippen molar-refractivity contribution in [3.8, 4) is 0 Å². The second kappa shape index (κ2) is 11.0. The Hall–Kier alpha value is 0.0569. The van der Waals surface area contributed by atoms with Crippen LogP contribution < -0.4 is 0 Å². The third-order valence-corrected chi connectivity index (χ3v) is 9.12. The second-order valence-electron chi connectivity index (χ2n) is 7.78. The fraction of sp³-hybridized carbons (Fsp3) is 1.00. The maximum absolute atomic E-state index is 6.48. The van der Waals surface area contributed by atoms with Crippen LogP contribution in [-0.4, -0.2) is 40.8 Å². The number of epoxide rings is 1. The molecule has 2 rings (SSSR count). The standard InChI is InChI=1S/C20H40O4Si/c1-5-8-13-21-25(22-14-9-6-2,23-15-10-7-3)17(4)18-11-12-19-20(16-18)24-19/h17-20H,5-16H2,1-4H3. The Morgan fingerprint density at radius 2 is 1.36 bits per heavy atom. The highest BCUT2D eigenvalue weighted by molar-refractivity contribution is 6.62. The van der Waals surface area contributed by atoms with E-state index in [0.717, 1.165) is 64.8 Å². The SMILES string of the molecule is CCCCO[Si](OCCCC)(OCCCC)C(C)C1CCC2OC2C1. The van der Waals surface area contributed by atoms with Crippen molar-refractivity contribution in [3.63, 3.8) is 0 Å². The molecule has 0 spiro atoms. The van der Waals surface area contributed by atoms with Gasteiger partial charge >= 0.3 is 8.80 Å². The molecule has 25 heavy (non-hydrogen) atoms. The molecule has 0 aromatic carbocycles. The van der Waals surface area contributed by atoms with Gasteiger partial charge in [-0.2, -0.15) is 0 Å². The van der Waals surface area contributed by atoms with Gasteiger partial charge in [0.15, 0.2) is 0 Å². The van der Waals surface area contributed by atoms with Crippen LogP contribution in [0.15, 0.2) is 0 Å². The molecule has 2 fully saturated rings. The van der Waals surface area contributed by atoms with Crippen LogP contribution in [0.5, 0.6) is 0 Å². The van der Waals surface area contributed by atoms with Crippen molar-refractivity contribution in [1.29, 1.82) is 0 Å². The van der Waals surface area contributed by atoms with Crippen molar-refractivity contribution in [2.24, 2.45) is 5.92 Å². The summed E-state index contributed by atoms with van der Waals surface area (Å²) in [6.07, 6.45) is 11.3. The van der Waals surface area contributed by atoms with E-state index in [4.69, 9.17) is 18.0 Å². The van der Waals surface area contributed by atoms with Crippen LogP contribution in [0, 0.1) is 5.92 Å². The fourth-order valence-corrected chi connectivity index (χ4v) is 6.98. The smallest absolute Gasteiger partial charge is 0.373 e. The van der Waals surface area contributed by atoms with Crippen LogP contribution >= 0.6 is 0 Å². The van der Waals surface area contributed by atoms with Gasteiger partial charge in [-0.25, -0.2) is 0 Å². The van der Waals surface area contributed by atoms with E-state index < -0.39 is 8.80 Å². The summed E-state index contributed by atoms with van der Waals surface area (Å²) in [7, 11) is -2.66. The molecule has 1 aliphatic heterocycles. The van der Waals surface area contributed by atoms with Crippen LogP contribution in [0.1, 0.15) is 85.5 Å². The quantitative estimate of drug-likeness (QED) is 0.235. The lowest BCUT2D eigenvalue weighted by Gasteiger charge is -2.39. The molecule has 1 saturated heterocycles. The topological polar surface area (TPSA) is 40.2 Å². The molecule has 0 N–H and O–H groups in total. The minimum absolute atomic E-state index is 0.364. The summed E-state index contributed by atoms with van der Waals surface area (Å²) in [6.45, 7) is 11.2. The molecule has 1 saturated carbocycles. The lowest BCUT2D eigenvalue weighted by molar-refractivity contribution is 0.0399. The zero-order valence-electron chi connectivity index (χ0n) is 16.9. The molecule has 1 aliphatic carbocycles. The predicted molar refractivity (Wildman–Crippen MR) is 104 cm³/mol. The van der Waals surface area contributed by atoms with Crippen molar-refractivity contribution in [3.05, 3.63) is 0 Å². The van der Waals surface area contributed by atoms with Gasteiger partial charge in [0, 0.05) is 25.4 Å². The van der Waals surface area contributed by atoms with Crippen molar-refractivity contribution in [2.75, 3.05) is 19.8 Å². The molecule has 4 unspecified atom stereocenters. The highest BCUT2D eigenvalue weighted by Gasteiger charge is 2.54. The van der Waals surface area contributed by atoms with Crippen LogP contribution in [0.2, 0.25) is 5.54 Å². The molecule has 0 bridgehead atoms. The maximum Gasteiger partial charge on any atom is 0.504 e. The van der Waals surface area contributed by atoms with Gasteiger partial charge in [-0.1, -0.05) is 47.0 Å². The molecule has 0 amide bonds. The Morgan fingerprint density at radius 1 is 0.840 bits per heavy atom. The van der Waals surface area contributed by atoms with Crippen LogP contribution in [-0.2, 0) is 18.0 Å². The average Bonchev–Trinajstić information content (AvgIpc) is 3.40. The summed E-state index contributed by atoms with van der Waals surface area (Å²) in [6, 6.07) is 0. The lowest BCUT2D eigenvalue weighted by Crippen LogP contribution is -2.52. The normalized spacial score (nSPS) is 27.1. The summed E-state index contributed by atoms with van der Waals surface area (Å²) in [4.78, 5) is 0. The average molecular weight is 373 g/mol. The molecular weight excluding hydrogens is 332 g/mol. The molecule has 148 valence electrons. The van der Waals surface area contributed by atoms with Crippen molar-refractivity contribution >= 4 is 8.80 Å². The van der Waals surface area contributed by atoms with E-state index in [1.54, 1.807) is 0 Å². The molecule has 4 atom stereocenters. The molecule has 0 aromatic rings. The van der Waals surface area contributed by atoms with E-state index in [-0.39, 0.29) is 0 Å². The summed E-state index contributed by atoms with van der Waals surface area (Å²) >= 11 is 0. The summed E-state index contributed by atoms with van der Waals surface area (Å²) in [5, 5.41) is 0. The first kappa shape index (κ1) is 21.4. The van der Waals surface area contributed by atoms with E-state index in [1.165, 1.54) is 12.8 Å². The zero-order chi connectivity index (χ0) is 18.1. The molecule has 0 radical (unpaired) electrons. The first-order valence-electron chi connectivity index (χ1n) is 10.7. The number of fused-ring (bicyclic) bond motifs is 1. The summed E-state index contributed by atoms with van der Waals surface area (Å²) in [5.41, 5.74) is 0.364. The maximum atomic E-state index is 6.48. The van der Waals surface area contributed by atoms with Gasteiger partial charge in [-0.05, 0) is 44.4 Å². The van der Waals surface area contributed by atoms with Gasteiger partial charge in [0.05, 0.1) is 12.2 Å². The fourth-order valence-electron chi connectivity index (χ4n) is 3.77. The van der Waals surface area contributed by atoms with Gasteiger partial charge in [-0.3, -0.25) is 0 Å². The van der Waals surface area contributed by atoms with Gasteiger partial charge in [0.2, 0.25) is 0 Å². The highest BCUT2D eigenvalue weighted by atomic mass is 28.4. The number of rotatable bonds is 14. The molecule has 1 heterocycles. The molecule has 0 aromatic heterocycles. The number of hydrogen-bond acceptors (Lipinski definition) is 4. The molecule has 4 nitrogen and oxygen atoms in total. The van der Waals surface area contributed by atoms with Crippen molar-refractivity contribution in [2.45, 2.75) is 103 Å². The highest BCUT2D eigenvalue weighted by Crippen LogP contribution is 2.47. The Morgan fingerprint density at radius 3 is 1.80 bits per heavy atom. The lowest BCUT2D eigenvalue weighted by atomic mass is 9.87. The number of hydrogen-bond donors (Lipinski definition) is 0. The zero-order valence-corrected chi connectivity index (χ0v) is 17.9. The molecule has 5 heteroatoms.